The molecule has 2 N–H and O–H groups in total. The number of nitrogen functional groups attached to an aromatic ring is 1. The van der Waals surface area contributed by atoms with E-state index >= 15 is 0 Å². The van der Waals surface area contributed by atoms with Crippen LogP contribution in [0.4, 0.5) is 5.69 Å². The van der Waals surface area contributed by atoms with Gasteiger partial charge in [0.05, 0.1) is 10.9 Å². The third-order valence-electron chi connectivity index (χ3n) is 2.87. The summed E-state index contributed by atoms with van der Waals surface area (Å²) in [6, 6.07) is 7.98. The highest BCUT2D eigenvalue weighted by molar-refractivity contribution is 9.11. The van der Waals surface area contributed by atoms with Crippen LogP contribution in [0.5, 0.6) is 5.75 Å². The summed E-state index contributed by atoms with van der Waals surface area (Å²) in [7, 11) is 3.74. The molecule has 0 atom stereocenters. The van der Waals surface area contributed by atoms with Gasteiger partial charge < -0.3 is 10.5 Å². The van der Waals surface area contributed by atoms with Gasteiger partial charge in [-0.3, -0.25) is 4.90 Å². The Hall–Kier alpha value is -1.04. The van der Waals surface area contributed by atoms with Crippen LogP contribution in [0.2, 0.25) is 0 Å². The van der Waals surface area contributed by atoms with Gasteiger partial charge in [-0.25, -0.2) is 0 Å². The largest absolute Gasteiger partial charge is 0.497 e. The number of rotatable bonds is 5. The number of hydrogen-bond donors (Lipinski definition) is 1. The molecular formula is C14H17BrN2OS. The van der Waals surface area contributed by atoms with E-state index in [4.69, 9.17) is 10.5 Å². The van der Waals surface area contributed by atoms with E-state index in [-0.39, 0.29) is 0 Å². The number of nitrogens with zero attached hydrogens (tertiary/aromatic N) is 1. The molecule has 19 heavy (non-hydrogen) atoms. The molecule has 0 saturated carbocycles. The first-order chi connectivity index (χ1) is 9.08. The lowest BCUT2D eigenvalue weighted by Crippen LogP contribution is -2.17. The number of thiophene rings is 1. The van der Waals surface area contributed by atoms with Gasteiger partial charge in [0.25, 0.3) is 0 Å². The molecule has 102 valence electrons. The molecule has 0 radical (unpaired) electrons. The highest BCUT2D eigenvalue weighted by Gasteiger charge is 2.07. The first-order valence-electron chi connectivity index (χ1n) is 5.92. The Bertz CT molecular complexity index is 556. The SMILES string of the molecule is COc1ccc(CN(C)Cc2csc(Br)c2)c(N)c1. The highest BCUT2D eigenvalue weighted by atomic mass is 79.9. The summed E-state index contributed by atoms with van der Waals surface area (Å²) in [5, 5.41) is 2.16. The van der Waals surface area contributed by atoms with Gasteiger partial charge >= 0.3 is 0 Å². The minimum Gasteiger partial charge on any atom is -0.497 e. The average Bonchev–Trinajstić information content (AvgIpc) is 2.77. The summed E-state index contributed by atoms with van der Waals surface area (Å²) in [5.74, 6) is 0.797. The number of benzene rings is 1. The molecule has 0 unspecified atom stereocenters. The fraction of sp³-hybridized carbons (Fsp3) is 0.286. The van der Waals surface area contributed by atoms with Crippen LogP contribution < -0.4 is 10.5 Å². The van der Waals surface area contributed by atoms with E-state index in [1.54, 1.807) is 18.4 Å². The van der Waals surface area contributed by atoms with Crippen LogP contribution in [0.25, 0.3) is 0 Å². The number of halogens is 1. The van der Waals surface area contributed by atoms with Crippen molar-refractivity contribution in [2.24, 2.45) is 0 Å². The normalized spacial score (nSPS) is 10.9. The van der Waals surface area contributed by atoms with Gasteiger partial charge in [-0.15, -0.1) is 11.3 Å². The molecule has 0 fully saturated rings. The summed E-state index contributed by atoms with van der Waals surface area (Å²) in [6.45, 7) is 1.73. The van der Waals surface area contributed by atoms with Gasteiger partial charge in [0.2, 0.25) is 0 Å². The molecule has 5 heteroatoms. The van der Waals surface area contributed by atoms with Gasteiger partial charge in [-0.05, 0) is 51.6 Å². The van der Waals surface area contributed by atoms with E-state index in [0.717, 1.165) is 30.1 Å². The maximum Gasteiger partial charge on any atom is 0.120 e. The van der Waals surface area contributed by atoms with Crippen molar-refractivity contribution in [2.75, 3.05) is 19.9 Å². The average molecular weight is 341 g/mol. The number of ether oxygens (including phenoxy) is 1. The van der Waals surface area contributed by atoms with Crippen molar-refractivity contribution < 1.29 is 4.74 Å². The molecule has 2 rings (SSSR count). The van der Waals surface area contributed by atoms with Gasteiger partial charge in [0, 0.05) is 24.8 Å². The van der Waals surface area contributed by atoms with E-state index in [1.807, 2.05) is 18.2 Å². The second-order valence-electron chi connectivity index (χ2n) is 4.50. The molecule has 0 aliphatic rings. The molecule has 0 bridgehead atoms. The maximum atomic E-state index is 6.03. The van der Waals surface area contributed by atoms with Gasteiger partial charge in [0.15, 0.2) is 0 Å². The smallest absolute Gasteiger partial charge is 0.120 e. The lowest BCUT2D eigenvalue weighted by atomic mass is 10.1. The second kappa shape index (κ2) is 6.41. The number of nitrogens with two attached hydrogens (primary N) is 1. The van der Waals surface area contributed by atoms with E-state index in [9.17, 15) is 0 Å². The molecular weight excluding hydrogens is 324 g/mol. The molecule has 0 aliphatic heterocycles. The van der Waals surface area contributed by atoms with Crippen molar-refractivity contribution in [3.8, 4) is 5.75 Å². The third kappa shape index (κ3) is 3.96. The number of methoxy groups -OCH3 is 1. The minimum absolute atomic E-state index is 0.776. The predicted octanol–water partition coefficient (Wildman–Crippen LogP) is 3.73. The van der Waals surface area contributed by atoms with Crippen LogP contribution in [0.3, 0.4) is 0 Å². The van der Waals surface area contributed by atoms with Crippen LogP contribution in [-0.2, 0) is 13.1 Å². The Kier molecular flexibility index (Phi) is 4.85. The number of anilines is 1. The molecule has 3 nitrogen and oxygen atoms in total. The van der Waals surface area contributed by atoms with Crippen molar-refractivity contribution >= 4 is 33.0 Å². The third-order valence-corrected chi connectivity index (χ3v) is 4.42. The van der Waals surface area contributed by atoms with Crippen LogP contribution in [0.1, 0.15) is 11.1 Å². The van der Waals surface area contributed by atoms with E-state index < -0.39 is 0 Å². The lowest BCUT2D eigenvalue weighted by Gasteiger charge is -2.17. The summed E-state index contributed by atoms with van der Waals surface area (Å²) >= 11 is 5.19. The van der Waals surface area contributed by atoms with E-state index in [2.05, 4.69) is 39.3 Å². The first-order valence-corrected chi connectivity index (χ1v) is 7.59. The van der Waals surface area contributed by atoms with Crippen molar-refractivity contribution in [2.45, 2.75) is 13.1 Å². The van der Waals surface area contributed by atoms with Crippen LogP contribution in [-0.4, -0.2) is 19.1 Å². The molecule has 0 amide bonds. The fourth-order valence-electron chi connectivity index (χ4n) is 1.93. The summed E-state index contributed by atoms with van der Waals surface area (Å²) in [4.78, 5) is 2.24. The monoisotopic (exact) mass is 340 g/mol. The number of hydrogen-bond acceptors (Lipinski definition) is 4. The Morgan fingerprint density at radius 1 is 1.32 bits per heavy atom. The predicted molar refractivity (Wildman–Crippen MR) is 84.6 cm³/mol. The standard InChI is InChI=1S/C14H17BrN2OS/c1-17(7-10-5-14(15)19-9-10)8-11-3-4-12(18-2)6-13(11)16/h3-6,9H,7-8,16H2,1-2H3. The molecule has 0 saturated heterocycles. The van der Waals surface area contributed by atoms with Crippen LogP contribution in [0.15, 0.2) is 33.4 Å². The Labute approximate surface area is 126 Å². The van der Waals surface area contributed by atoms with Crippen molar-refractivity contribution in [1.29, 1.82) is 0 Å². The zero-order valence-electron chi connectivity index (χ0n) is 11.0. The quantitative estimate of drug-likeness (QED) is 0.842. The molecule has 0 spiro atoms. The topological polar surface area (TPSA) is 38.5 Å². The summed E-state index contributed by atoms with van der Waals surface area (Å²) < 4.78 is 6.32. The van der Waals surface area contributed by atoms with Crippen molar-refractivity contribution in [3.05, 3.63) is 44.6 Å². The van der Waals surface area contributed by atoms with Crippen molar-refractivity contribution in [1.82, 2.24) is 4.90 Å². The zero-order chi connectivity index (χ0) is 13.8. The summed E-state index contributed by atoms with van der Waals surface area (Å²) in [5.41, 5.74) is 9.24. The Morgan fingerprint density at radius 2 is 2.11 bits per heavy atom. The first kappa shape index (κ1) is 14.4. The molecule has 1 aromatic carbocycles. The molecule has 2 aromatic rings. The van der Waals surface area contributed by atoms with E-state index in [1.165, 1.54) is 9.35 Å². The van der Waals surface area contributed by atoms with Gasteiger partial charge in [0.1, 0.15) is 5.75 Å². The zero-order valence-corrected chi connectivity index (χ0v) is 13.4. The fourth-order valence-corrected chi connectivity index (χ4v) is 3.13. The Morgan fingerprint density at radius 3 is 2.68 bits per heavy atom. The van der Waals surface area contributed by atoms with Gasteiger partial charge in [-0.1, -0.05) is 6.07 Å². The van der Waals surface area contributed by atoms with Gasteiger partial charge in [-0.2, -0.15) is 0 Å². The molecule has 0 aliphatic carbocycles. The van der Waals surface area contributed by atoms with Crippen LogP contribution in [0, 0.1) is 0 Å². The minimum atomic E-state index is 0.776. The maximum absolute atomic E-state index is 6.03. The van der Waals surface area contributed by atoms with Crippen molar-refractivity contribution in [3.63, 3.8) is 0 Å². The molecule has 1 aromatic heterocycles. The second-order valence-corrected chi connectivity index (χ2v) is 6.79. The summed E-state index contributed by atoms with van der Waals surface area (Å²) in [6.07, 6.45) is 0. The van der Waals surface area contributed by atoms with E-state index in [0.29, 0.717) is 0 Å². The molecule has 1 heterocycles. The highest BCUT2D eigenvalue weighted by Crippen LogP contribution is 2.23. The van der Waals surface area contributed by atoms with Crippen LogP contribution >= 0.6 is 27.3 Å². The lowest BCUT2D eigenvalue weighted by molar-refractivity contribution is 0.320. The Balaban J connectivity index is 2.00.